The van der Waals surface area contributed by atoms with Crippen molar-refractivity contribution >= 4 is 35.3 Å². The first-order chi connectivity index (χ1) is 13.3. The fourth-order valence-electron chi connectivity index (χ4n) is 2.24. The standard InChI is InChI=1S/C17H21ClN8OS/c1-10(14-20-15(19)22-16(21-14)25(2)3)28-17-24-23-13(26(17)4)9-27-12-7-5-11(18)6-8-12/h5-8,10H,9H2,1-4H3,(H2,19,20,21,22)/t10-/m1/s1. The summed E-state index contributed by atoms with van der Waals surface area (Å²) >= 11 is 7.37. The maximum absolute atomic E-state index is 5.88. The average molecular weight is 421 g/mol. The lowest BCUT2D eigenvalue weighted by Crippen LogP contribution is -2.16. The third kappa shape index (κ3) is 4.82. The van der Waals surface area contributed by atoms with Crippen LogP contribution in [0.25, 0.3) is 0 Å². The normalized spacial score (nSPS) is 12.0. The minimum Gasteiger partial charge on any atom is -0.486 e. The van der Waals surface area contributed by atoms with E-state index in [1.165, 1.54) is 11.8 Å². The summed E-state index contributed by atoms with van der Waals surface area (Å²) in [6, 6.07) is 7.17. The molecule has 0 fully saturated rings. The Balaban J connectivity index is 1.69. The fourth-order valence-corrected chi connectivity index (χ4v) is 3.25. The van der Waals surface area contributed by atoms with Gasteiger partial charge in [-0.05, 0) is 31.2 Å². The van der Waals surface area contributed by atoms with Crippen molar-refractivity contribution in [3.05, 3.63) is 40.9 Å². The average Bonchev–Trinajstić information content (AvgIpc) is 3.00. The quantitative estimate of drug-likeness (QED) is 0.577. The van der Waals surface area contributed by atoms with Crippen molar-refractivity contribution in [2.75, 3.05) is 24.7 Å². The maximum atomic E-state index is 5.88. The van der Waals surface area contributed by atoms with Crippen molar-refractivity contribution in [3.8, 4) is 5.75 Å². The van der Waals surface area contributed by atoms with E-state index in [1.807, 2.05) is 44.8 Å². The molecule has 2 heterocycles. The lowest BCUT2D eigenvalue weighted by Gasteiger charge is -2.14. The molecule has 2 aromatic heterocycles. The van der Waals surface area contributed by atoms with Crippen LogP contribution in [-0.2, 0) is 13.7 Å². The number of rotatable bonds is 7. The van der Waals surface area contributed by atoms with Crippen LogP contribution in [-0.4, -0.2) is 43.8 Å². The zero-order chi connectivity index (χ0) is 20.3. The summed E-state index contributed by atoms with van der Waals surface area (Å²) in [7, 11) is 5.60. The van der Waals surface area contributed by atoms with Gasteiger partial charge in [-0.15, -0.1) is 10.2 Å². The van der Waals surface area contributed by atoms with Crippen LogP contribution in [0.3, 0.4) is 0 Å². The van der Waals surface area contributed by atoms with E-state index in [0.717, 1.165) is 5.16 Å². The van der Waals surface area contributed by atoms with E-state index in [9.17, 15) is 0 Å². The van der Waals surface area contributed by atoms with Gasteiger partial charge in [-0.1, -0.05) is 23.4 Å². The largest absolute Gasteiger partial charge is 0.486 e. The summed E-state index contributed by atoms with van der Waals surface area (Å²) in [6.07, 6.45) is 0. The number of thioether (sulfide) groups is 1. The van der Waals surface area contributed by atoms with Crippen molar-refractivity contribution in [1.82, 2.24) is 29.7 Å². The Morgan fingerprint density at radius 3 is 2.57 bits per heavy atom. The fraction of sp³-hybridized carbons (Fsp3) is 0.353. The summed E-state index contributed by atoms with van der Waals surface area (Å²) in [5.74, 6) is 2.71. The Hall–Kier alpha value is -2.59. The van der Waals surface area contributed by atoms with E-state index < -0.39 is 0 Å². The Morgan fingerprint density at radius 1 is 1.18 bits per heavy atom. The second-order valence-corrected chi connectivity index (χ2v) is 7.95. The number of halogens is 1. The van der Waals surface area contributed by atoms with Crippen LogP contribution in [0, 0.1) is 0 Å². The highest BCUT2D eigenvalue weighted by Crippen LogP contribution is 2.32. The van der Waals surface area contributed by atoms with Gasteiger partial charge in [0.1, 0.15) is 18.2 Å². The number of nitrogen functional groups attached to an aromatic ring is 1. The van der Waals surface area contributed by atoms with Crippen LogP contribution in [0.1, 0.15) is 23.8 Å². The van der Waals surface area contributed by atoms with Gasteiger partial charge in [0, 0.05) is 26.2 Å². The van der Waals surface area contributed by atoms with E-state index in [0.29, 0.717) is 35.0 Å². The van der Waals surface area contributed by atoms with Crippen molar-refractivity contribution < 1.29 is 4.74 Å². The van der Waals surface area contributed by atoms with Crippen molar-refractivity contribution in [1.29, 1.82) is 0 Å². The first-order valence-corrected chi connectivity index (χ1v) is 9.71. The molecule has 0 spiro atoms. The number of benzene rings is 1. The number of nitrogens with zero attached hydrogens (tertiary/aromatic N) is 7. The van der Waals surface area contributed by atoms with Gasteiger partial charge in [0.2, 0.25) is 11.9 Å². The summed E-state index contributed by atoms with van der Waals surface area (Å²) in [4.78, 5) is 14.6. The molecule has 0 aliphatic rings. The molecule has 148 valence electrons. The summed E-state index contributed by atoms with van der Waals surface area (Å²) < 4.78 is 7.63. The summed E-state index contributed by atoms with van der Waals surface area (Å²) in [5.41, 5.74) is 5.81. The van der Waals surface area contributed by atoms with Crippen molar-refractivity contribution in [3.63, 3.8) is 0 Å². The molecule has 0 saturated heterocycles. The highest BCUT2D eigenvalue weighted by Gasteiger charge is 2.18. The van der Waals surface area contributed by atoms with Gasteiger partial charge in [0.15, 0.2) is 11.0 Å². The topological polar surface area (TPSA) is 108 Å². The Labute approximate surface area is 172 Å². The van der Waals surface area contributed by atoms with Gasteiger partial charge in [0.25, 0.3) is 0 Å². The molecule has 2 N–H and O–H groups in total. The molecule has 28 heavy (non-hydrogen) atoms. The van der Waals surface area contributed by atoms with Crippen LogP contribution < -0.4 is 15.4 Å². The molecular weight excluding hydrogens is 400 g/mol. The summed E-state index contributed by atoms with van der Waals surface area (Å²) in [5, 5.41) is 9.77. The number of aromatic nitrogens is 6. The van der Waals surface area contributed by atoms with Gasteiger partial charge in [-0.2, -0.15) is 15.0 Å². The SMILES string of the molecule is C[C@@H](Sc1nnc(COc2ccc(Cl)cc2)n1C)c1nc(N)nc(N(C)C)n1. The molecule has 0 unspecified atom stereocenters. The maximum Gasteiger partial charge on any atom is 0.229 e. The molecular formula is C17H21ClN8OS. The van der Waals surface area contributed by atoms with Gasteiger partial charge in [-0.25, -0.2) is 0 Å². The zero-order valence-corrected chi connectivity index (χ0v) is 17.6. The van der Waals surface area contributed by atoms with Gasteiger partial charge in [0.05, 0.1) is 5.25 Å². The third-order valence-corrected chi connectivity index (χ3v) is 5.19. The Bertz CT molecular complexity index is 947. The van der Waals surface area contributed by atoms with Crippen LogP contribution in [0.5, 0.6) is 5.75 Å². The highest BCUT2D eigenvalue weighted by atomic mass is 35.5. The predicted octanol–water partition coefficient (Wildman–Crippen LogP) is 2.73. The lowest BCUT2D eigenvalue weighted by molar-refractivity contribution is 0.290. The molecule has 3 rings (SSSR count). The molecule has 11 heteroatoms. The van der Waals surface area contributed by atoms with Crippen LogP contribution in [0.4, 0.5) is 11.9 Å². The highest BCUT2D eigenvalue weighted by molar-refractivity contribution is 7.99. The van der Waals surface area contributed by atoms with Crippen molar-refractivity contribution in [2.45, 2.75) is 23.9 Å². The van der Waals surface area contributed by atoms with E-state index in [2.05, 4.69) is 25.1 Å². The Kier molecular flexibility index (Phi) is 6.20. The van der Waals surface area contributed by atoms with E-state index in [1.54, 1.807) is 17.0 Å². The molecule has 0 bridgehead atoms. The monoisotopic (exact) mass is 420 g/mol. The van der Waals surface area contributed by atoms with Gasteiger partial charge < -0.3 is 19.9 Å². The lowest BCUT2D eigenvalue weighted by atomic mass is 10.3. The number of hydrogen-bond acceptors (Lipinski definition) is 9. The van der Waals surface area contributed by atoms with E-state index in [4.69, 9.17) is 22.1 Å². The first-order valence-electron chi connectivity index (χ1n) is 8.45. The number of ether oxygens (including phenoxy) is 1. The number of anilines is 2. The third-order valence-electron chi connectivity index (χ3n) is 3.81. The van der Waals surface area contributed by atoms with Crippen LogP contribution in [0.2, 0.25) is 5.02 Å². The molecule has 0 aliphatic carbocycles. The Morgan fingerprint density at radius 2 is 1.89 bits per heavy atom. The molecule has 0 radical (unpaired) electrons. The van der Waals surface area contributed by atoms with Crippen LogP contribution >= 0.6 is 23.4 Å². The van der Waals surface area contributed by atoms with E-state index >= 15 is 0 Å². The minimum absolute atomic E-state index is 0.0862. The molecule has 9 nitrogen and oxygen atoms in total. The molecule has 0 aliphatic heterocycles. The smallest absolute Gasteiger partial charge is 0.229 e. The molecule has 0 amide bonds. The number of hydrogen-bond donors (Lipinski definition) is 1. The van der Waals surface area contributed by atoms with E-state index in [-0.39, 0.29) is 11.2 Å². The minimum atomic E-state index is -0.0862. The van der Waals surface area contributed by atoms with Crippen molar-refractivity contribution in [2.24, 2.45) is 7.05 Å². The second kappa shape index (κ2) is 8.61. The first kappa shape index (κ1) is 20.2. The van der Waals surface area contributed by atoms with Crippen LogP contribution in [0.15, 0.2) is 29.4 Å². The molecule has 0 saturated carbocycles. The predicted molar refractivity (Wildman–Crippen MR) is 110 cm³/mol. The molecule has 3 aromatic rings. The molecule has 1 atom stereocenters. The van der Waals surface area contributed by atoms with Gasteiger partial charge in [-0.3, -0.25) is 0 Å². The number of nitrogens with two attached hydrogens (primary N) is 1. The molecule has 1 aromatic carbocycles. The van der Waals surface area contributed by atoms with Gasteiger partial charge >= 0.3 is 0 Å². The zero-order valence-electron chi connectivity index (χ0n) is 16.0. The summed E-state index contributed by atoms with van der Waals surface area (Å²) in [6.45, 7) is 2.28. The second-order valence-electron chi connectivity index (χ2n) is 6.21.